The van der Waals surface area contributed by atoms with Gasteiger partial charge in [-0.1, -0.05) is 46.3 Å². The topological polar surface area (TPSA) is 59.4 Å². The van der Waals surface area contributed by atoms with Crippen molar-refractivity contribution in [2.45, 2.75) is 6.42 Å². The average Bonchev–Trinajstić information content (AvgIpc) is 2.56. The molecule has 1 heterocycles. The number of carboxylic acid groups (broad SMARTS) is 1. The van der Waals surface area contributed by atoms with Crippen LogP contribution in [0, 0.1) is 0 Å². The maximum Gasteiger partial charge on any atom is 0.339 e. The average molecular weight is 372 g/mol. The van der Waals surface area contributed by atoms with Gasteiger partial charge in [0.05, 0.1) is 7.11 Å². The van der Waals surface area contributed by atoms with E-state index in [9.17, 15) is 9.90 Å². The molecule has 0 amide bonds. The summed E-state index contributed by atoms with van der Waals surface area (Å²) >= 11 is 3.44. The number of carbonyl (C=O) groups is 1. The van der Waals surface area contributed by atoms with Crippen molar-refractivity contribution in [3.63, 3.8) is 0 Å². The van der Waals surface area contributed by atoms with Crippen molar-refractivity contribution >= 4 is 32.8 Å². The fraction of sp³-hybridized carbons (Fsp3) is 0.111. The Morgan fingerprint density at radius 1 is 1.22 bits per heavy atom. The predicted molar refractivity (Wildman–Crippen MR) is 92.2 cm³/mol. The largest absolute Gasteiger partial charge is 0.494 e. The lowest BCUT2D eigenvalue weighted by molar-refractivity contribution is 0.0693. The van der Waals surface area contributed by atoms with Gasteiger partial charge < -0.3 is 9.84 Å². The van der Waals surface area contributed by atoms with Gasteiger partial charge in [0.25, 0.3) is 0 Å². The fourth-order valence-corrected chi connectivity index (χ4v) is 3.09. The summed E-state index contributed by atoms with van der Waals surface area (Å²) < 4.78 is 5.96. The summed E-state index contributed by atoms with van der Waals surface area (Å²) in [6.07, 6.45) is 2.52. The highest BCUT2D eigenvalue weighted by atomic mass is 79.9. The van der Waals surface area contributed by atoms with Crippen molar-refractivity contribution in [1.29, 1.82) is 0 Å². The van der Waals surface area contributed by atoms with Crippen molar-refractivity contribution in [2.24, 2.45) is 0 Å². The number of fused-ring (bicyclic) bond motifs is 1. The van der Waals surface area contributed by atoms with Crippen LogP contribution in [-0.4, -0.2) is 23.2 Å². The van der Waals surface area contributed by atoms with Gasteiger partial charge in [-0.2, -0.15) is 0 Å². The van der Waals surface area contributed by atoms with Gasteiger partial charge in [0.1, 0.15) is 11.1 Å². The van der Waals surface area contributed by atoms with Gasteiger partial charge in [0.2, 0.25) is 0 Å². The van der Waals surface area contributed by atoms with Gasteiger partial charge in [-0.3, -0.25) is 4.98 Å². The van der Waals surface area contributed by atoms with Gasteiger partial charge in [0, 0.05) is 16.1 Å². The molecule has 23 heavy (non-hydrogen) atoms. The second-order valence-corrected chi connectivity index (χ2v) is 6.00. The molecule has 0 bridgehead atoms. The molecule has 0 fully saturated rings. The fourth-order valence-electron chi connectivity index (χ4n) is 2.56. The minimum absolute atomic E-state index is 0.0928. The summed E-state index contributed by atoms with van der Waals surface area (Å²) in [5.74, 6) is -0.762. The molecule has 3 rings (SSSR count). The maximum absolute atomic E-state index is 11.4. The lowest BCUT2D eigenvalue weighted by Gasteiger charge is -2.11. The van der Waals surface area contributed by atoms with E-state index in [1.54, 1.807) is 12.3 Å². The highest BCUT2D eigenvalue weighted by Gasteiger charge is 2.18. The quantitative estimate of drug-likeness (QED) is 0.742. The first-order chi connectivity index (χ1) is 11.1. The zero-order chi connectivity index (χ0) is 16.4. The summed E-state index contributed by atoms with van der Waals surface area (Å²) in [7, 11) is 1.45. The summed E-state index contributed by atoms with van der Waals surface area (Å²) in [5, 5.41) is 10.1. The molecule has 1 aromatic heterocycles. The summed E-state index contributed by atoms with van der Waals surface area (Å²) in [6.45, 7) is 0. The van der Waals surface area contributed by atoms with Crippen LogP contribution in [0.15, 0.2) is 53.1 Å². The number of hydrogen-bond donors (Lipinski definition) is 1. The number of carboxylic acids is 1. The van der Waals surface area contributed by atoms with E-state index in [1.807, 2.05) is 24.3 Å². The van der Waals surface area contributed by atoms with Crippen LogP contribution in [0.3, 0.4) is 0 Å². The van der Waals surface area contributed by atoms with Gasteiger partial charge in [-0.25, -0.2) is 4.79 Å². The SMILES string of the molecule is COc1c(C(=O)O)cc(Br)c2cc(Cc3ccccc3)cnc12. The summed E-state index contributed by atoms with van der Waals surface area (Å²) in [6, 6.07) is 13.7. The third-order valence-electron chi connectivity index (χ3n) is 3.62. The molecule has 0 aliphatic heterocycles. The molecule has 0 aliphatic rings. The molecular weight excluding hydrogens is 358 g/mol. The van der Waals surface area contributed by atoms with E-state index < -0.39 is 5.97 Å². The number of aromatic nitrogens is 1. The first kappa shape index (κ1) is 15.5. The standard InChI is InChI=1S/C18H14BrNO3/c1-23-17-14(18(21)22)9-15(19)13-8-12(10-20-16(13)17)7-11-5-3-2-4-6-11/h2-6,8-10H,7H2,1H3,(H,21,22). The number of rotatable bonds is 4. The van der Waals surface area contributed by atoms with E-state index >= 15 is 0 Å². The van der Waals surface area contributed by atoms with Crippen LogP contribution in [0.2, 0.25) is 0 Å². The Kier molecular flexibility index (Phi) is 4.30. The number of methoxy groups -OCH3 is 1. The molecule has 0 atom stereocenters. The lowest BCUT2D eigenvalue weighted by atomic mass is 10.0. The van der Waals surface area contributed by atoms with Gasteiger partial charge in [-0.15, -0.1) is 0 Å². The molecule has 2 aromatic carbocycles. The van der Waals surface area contributed by atoms with E-state index in [1.165, 1.54) is 12.7 Å². The van der Waals surface area contributed by atoms with Crippen molar-refractivity contribution in [3.05, 3.63) is 69.8 Å². The highest BCUT2D eigenvalue weighted by molar-refractivity contribution is 9.10. The lowest BCUT2D eigenvalue weighted by Crippen LogP contribution is -2.03. The number of benzene rings is 2. The zero-order valence-corrected chi connectivity index (χ0v) is 14.0. The number of ether oxygens (including phenoxy) is 1. The summed E-state index contributed by atoms with van der Waals surface area (Å²) in [5.41, 5.74) is 2.87. The molecule has 0 spiro atoms. The van der Waals surface area contributed by atoms with Crippen molar-refractivity contribution in [2.75, 3.05) is 7.11 Å². The van der Waals surface area contributed by atoms with Crippen molar-refractivity contribution in [3.8, 4) is 5.75 Å². The second-order valence-electron chi connectivity index (χ2n) is 5.15. The molecule has 1 N–H and O–H groups in total. The van der Waals surface area contributed by atoms with Crippen LogP contribution in [0.1, 0.15) is 21.5 Å². The minimum Gasteiger partial charge on any atom is -0.494 e. The number of hydrogen-bond acceptors (Lipinski definition) is 3. The van der Waals surface area contributed by atoms with Gasteiger partial charge >= 0.3 is 5.97 Å². The minimum atomic E-state index is -1.04. The Labute approximate surface area is 141 Å². The molecule has 0 saturated carbocycles. The van der Waals surface area contributed by atoms with Crippen molar-refractivity contribution < 1.29 is 14.6 Å². The Bertz CT molecular complexity index is 878. The normalized spacial score (nSPS) is 10.7. The molecule has 4 nitrogen and oxygen atoms in total. The molecule has 116 valence electrons. The predicted octanol–water partition coefficient (Wildman–Crippen LogP) is 4.29. The van der Waals surface area contributed by atoms with E-state index in [0.29, 0.717) is 9.99 Å². The van der Waals surface area contributed by atoms with Crippen LogP contribution in [0.25, 0.3) is 10.9 Å². The van der Waals surface area contributed by atoms with E-state index in [2.05, 4.69) is 33.0 Å². The Morgan fingerprint density at radius 2 is 1.96 bits per heavy atom. The Hall–Kier alpha value is -2.40. The molecule has 3 aromatic rings. The first-order valence-electron chi connectivity index (χ1n) is 7.02. The first-order valence-corrected chi connectivity index (χ1v) is 7.82. The van der Waals surface area contributed by atoms with E-state index in [0.717, 1.165) is 17.4 Å². The monoisotopic (exact) mass is 371 g/mol. The molecule has 0 saturated heterocycles. The highest BCUT2D eigenvalue weighted by Crippen LogP contribution is 2.34. The number of pyridine rings is 1. The third-order valence-corrected chi connectivity index (χ3v) is 4.27. The van der Waals surface area contributed by atoms with E-state index in [4.69, 9.17) is 4.74 Å². The van der Waals surface area contributed by atoms with Crippen LogP contribution in [-0.2, 0) is 6.42 Å². The second kappa shape index (κ2) is 6.38. The number of halogens is 1. The van der Waals surface area contributed by atoms with Crippen molar-refractivity contribution in [1.82, 2.24) is 4.98 Å². The van der Waals surface area contributed by atoms with Crippen LogP contribution >= 0.6 is 15.9 Å². The molecule has 5 heteroatoms. The number of aromatic carboxylic acids is 1. The molecular formula is C18H14BrNO3. The number of nitrogens with zero attached hydrogens (tertiary/aromatic N) is 1. The van der Waals surface area contributed by atoms with Gasteiger partial charge in [0.15, 0.2) is 5.75 Å². The van der Waals surface area contributed by atoms with Crippen LogP contribution in [0.4, 0.5) is 0 Å². The van der Waals surface area contributed by atoms with Gasteiger partial charge in [-0.05, 0) is 29.7 Å². The summed E-state index contributed by atoms with van der Waals surface area (Å²) in [4.78, 5) is 15.8. The Morgan fingerprint density at radius 3 is 2.61 bits per heavy atom. The zero-order valence-electron chi connectivity index (χ0n) is 12.4. The smallest absolute Gasteiger partial charge is 0.339 e. The molecule has 0 aliphatic carbocycles. The maximum atomic E-state index is 11.4. The molecule has 0 radical (unpaired) electrons. The van der Waals surface area contributed by atoms with Crippen LogP contribution in [0.5, 0.6) is 5.75 Å². The van der Waals surface area contributed by atoms with Crippen LogP contribution < -0.4 is 4.74 Å². The Balaban J connectivity index is 2.12. The third kappa shape index (κ3) is 3.05. The van der Waals surface area contributed by atoms with E-state index in [-0.39, 0.29) is 11.3 Å². The molecule has 0 unspecified atom stereocenters.